The molecule has 1 fully saturated rings. The summed E-state index contributed by atoms with van der Waals surface area (Å²) in [6, 6.07) is 6.09. The normalized spacial score (nSPS) is 29.1. The molecule has 94 valence electrons. The van der Waals surface area contributed by atoms with Crippen LogP contribution in [0.1, 0.15) is 33.1 Å². The number of rotatable bonds is 2. The van der Waals surface area contributed by atoms with E-state index in [9.17, 15) is 0 Å². The second-order valence-electron chi connectivity index (χ2n) is 5.14. The first kappa shape index (κ1) is 13.0. The van der Waals surface area contributed by atoms with Crippen LogP contribution >= 0.6 is 23.2 Å². The van der Waals surface area contributed by atoms with Crippen LogP contribution in [0.3, 0.4) is 0 Å². The molecule has 0 heterocycles. The van der Waals surface area contributed by atoms with Gasteiger partial charge in [0.25, 0.3) is 0 Å². The summed E-state index contributed by atoms with van der Waals surface area (Å²) >= 11 is 12.2. The number of anilines is 1. The summed E-state index contributed by atoms with van der Waals surface area (Å²) in [4.78, 5) is 0. The van der Waals surface area contributed by atoms with Gasteiger partial charge in [-0.3, -0.25) is 0 Å². The van der Waals surface area contributed by atoms with Crippen LogP contribution in [0.25, 0.3) is 0 Å². The van der Waals surface area contributed by atoms with E-state index < -0.39 is 0 Å². The summed E-state index contributed by atoms with van der Waals surface area (Å²) in [5, 5.41) is 5.03. The highest BCUT2D eigenvalue weighted by Crippen LogP contribution is 2.34. The highest BCUT2D eigenvalue weighted by molar-refractivity contribution is 6.35. The van der Waals surface area contributed by atoms with E-state index >= 15 is 0 Å². The average molecular weight is 272 g/mol. The molecule has 1 N–H and O–H groups in total. The van der Waals surface area contributed by atoms with Gasteiger partial charge in [-0.25, -0.2) is 0 Å². The van der Waals surface area contributed by atoms with E-state index in [1.807, 2.05) is 18.2 Å². The fourth-order valence-electron chi connectivity index (χ4n) is 2.59. The molecule has 3 atom stereocenters. The Hall–Kier alpha value is -0.400. The molecule has 0 radical (unpaired) electrons. The zero-order valence-electron chi connectivity index (χ0n) is 10.3. The Morgan fingerprint density at radius 3 is 2.71 bits per heavy atom. The fraction of sp³-hybridized carbons (Fsp3) is 0.571. The third-order valence-corrected chi connectivity index (χ3v) is 4.54. The number of hydrogen-bond donors (Lipinski definition) is 1. The Morgan fingerprint density at radius 1 is 1.18 bits per heavy atom. The molecular formula is C14H19Cl2N. The van der Waals surface area contributed by atoms with Crippen molar-refractivity contribution in [1.29, 1.82) is 0 Å². The Balaban J connectivity index is 2.11. The highest BCUT2D eigenvalue weighted by Gasteiger charge is 2.27. The Kier molecular flexibility index (Phi) is 4.22. The maximum absolute atomic E-state index is 6.18. The van der Waals surface area contributed by atoms with Gasteiger partial charge in [-0.1, -0.05) is 49.9 Å². The van der Waals surface area contributed by atoms with Gasteiger partial charge in [-0.2, -0.15) is 0 Å². The predicted octanol–water partition coefficient (Wildman–Crippen LogP) is 5.23. The SMILES string of the molecule is CC1CCCC(Nc2cc(Cl)ccc2Cl)C1C. The van der Waals surface area contributed by atoms with E-state index in [0.717, 1.165) is 21.7 Å². The minimum atomic E-state index is 0.509. The Labute approximate surface area is 114 Å². The van der Waals surface area contributed by atoms with Gasteiger partial charge in [-0.05, 0) is 36.5 Å². The topological polar surface area (TPSA) is 12.0 Å². The monoisotopic (exact) mass is 271 g/mol. The van der Waals surface area contributed by atoms with Crippen molar-refractivity contribution in [3.05, 3.63) is 28.2 Å². The smallest absolute Gasteiger partial charge is 0.0638 e. The Bertz CT molecular complexity index is 392. The van der Waals surface area contributed by atoms with Gasteiger partial charge in [0.15, 0.2) is 0 Å². The number of benzene rings is 1. The van der Waals surface area contributed by atoms with Crippen LogP contribution in [0.4, 0.5) is 5.69 Å². The lowest BCUT2D eigenvalue weighted by Crippen LogP contribution is -2.35. The number of nitrogens with one attached hydrogen (secondary N) is 1. The maximum Gasteiger partial charge on any atom is 0.0638 e. The van der Waals surface area contributed by atoms with Gasteiger partial charge in [0, 0.05) is 11.1 Å². The van der Waals surface area contributed by atoms with E-state index in [-0.39, 0.29) is 0 Å². The molecule has 0 bridgehead atoms. The molecule has 1 aliphatic carbocycles. The van der Waals surface area contributed by atoms with Crippen molar-refractivity contribution < 1.29 is 0 Å². The zero-order chi connectivity index (χ0) is 12.4. The Morgan fingerprint density at radius 2 is 1.94 bits per heavy atom. The average Bonchev–Trinajstić information content (AvgIpc) is 2.30. The first-order chi connectivity index (χ1) is 8.08. The highest BCUT2D eigenvalue weighted by atomic mass is 35.5. The lowest BCUT2D eigenvalue weighted by Gasteiger charge is -2.35. The van der Waals surface area contributed by atoms with E-state index in [4.69, 9.17) is 23.2 Å². The van der Waals surface area contributed by atoms with Gasteiger partial charge in [-0.15, -0.1) is 0 Å². The van der Waals surface area contributed by atoms with E-state index in [0.29, 0.717) is 12.0 Å². The maximum atomic E-state index is 6.18. The molecule has 0 aliphatic heterocycles. The van der Waals surface area contributed by atoms with Crippen molar-refractivity contribution in [2.75, 3.05) is 5.32 Å². The van der Waals surface area contributed by atoms with Crippen molar-refractivity contribution in [2.45, 2.75) is 39.2 Å². The van der Waals surface area contributed by atoms with Crippen LogP contribution in [0.15, 0.2) is 18.2 Å². The van der Waals surface area contributed by atoms with Crippen LogP contribution < -0.4 is 5.32 Å². The second-order valence-corrected chi connectivity index (χ2v) is 5.99. The van der Waals surface area contributed by atoms with Crippen molar-refractivity contribution in [3.63, 3.8) is 0 Å². The quantitative estimate of drug-likeness (QED) is 0.777. The molecule has 3 unspecified atom stereocenters. The summed E-state index contributed by atoms with van der Waals surface area (Å²) in [7, 11) is 0. The standard InChI is InChI=1S/C14H19Cl2N/c1-9-4-3-5-13(10(9)2)17-14-8-11(15)6-7-12(14)16/h6-10,13,17H,3-5H2,1-2H3. The molecule has 2 rings (SSSR count). The lowest BCUT2D eigenvalue weighted by molar-refractivity contribution is 0.253. The molecule has 1 aromatic rings. The van der Waals surface area contributed by atoms with Crippen LogP contribution in [-0.4, -0.2) is 6.04 Å². The zero-order valence-corrected chi connectivity index (χ0v) is 11.9. The molecule has 0 aromatic heterocycles. The first-order valence-corrected chi connectivity index (χ1v) is 7.05. The van der Waals surface area contributed by atoms with Gasteiger partial charge in [0.05, 0.1) is 10.7 Å². The van der Waals surface area contributed by atoms with Crippen molar-refractivity contribution in [2.24, 2.45) is 11.8 Å². The summed E-state index contributed by atoms with van der Waals surface area (Å²) in [5.41, 5.74) is 0.963. The third-order valence-electron chi connectivity index (χ3n) is 3.98. The minimum absolute atomic E-state index is 0.509. The van der Waals surface area contributed by atoms with Crippen molar-refractivity contribution >= 4 is 28.9 Å². The van der Waals surface area contributed by atoms with Crippen LogP contribution in [0, 0.1) is 11.8 Å². The lowest BCUT2D eigenvalue weighted by atomic mass is 9.78. The summed E-state index contributed by atoms with van der Waals surface area (Å²) in [6.07, 6.45) is 3.85. The van der Waals surface area contributed by atoms with Gasteiger partial charge in [0.1, 0.15) is 0 Å². The number of halogens is 2. The van der Waals surface area contributed by atoms with E-state index in [2.05, 4.69) is 19.2 Å². The largest absolute Gasteiger partial charge is 0.381 e. The summed E-state index contributed by atoms with van der Waals surface area (Å²) < 4.78 is 0. The van der Waals surface area contributed by atoms with E-state index in [1.54, 1.807) is 0 Å². The van der Waals surface area contributed by atoms with Crippen LogP contribution in [0.2, 0.25) is 10.0 Å². The molecule has 1 nitrogen and oxygen atoms in total. The van der Waals surface area contributed by atoms with E-state index in [1.165, 1.54) is 19.3 Å². The molecular weight excluding hydrogens is 253 g/mol. The van der Waals surface area contributed by atoms with Crippen molar-refractivity contribution in [3.8, 4) is 0 Å². The van der Waals surface area contributed by atoms with Gasteiger partial charge in [0.2, 0.25) is 0 Å². The first-order valence-electron chi connectivity index (χ1n) is 6.29. The molecule has 0 saturated heterocycles. The fourth-order valence-corrected chi connectivity index (χ4v) is 2.94. The van der Waals surface area contributed by atoms with Crippen molar-refractivity contribution in [1.82, 2.24) is 0 Å². The third kappa shape index (κ3) is 3.08. The predicted molar refractivity (Wildman–Crippen MR) is 76.1 cm³/mol. The summed E-state index contributed by atoms with van der Waals surface area (Å²) in [6.45, 7) is 4.65. The van der Waals surface area contributed by atoms with Gasteiger partial charge >= 0.3 is 0 Å². The number of hydrogen-bond acceptors (Lipinski definition) is 1. The molecule has 0 spiro atoms. The molecule has 3 heteroatoms. The van der Waals surface area contributed by atoms with Crippen LogP contribution in [0.5, 0.6) is 0 Å². The van der Waals surface area contributed by atoms with Gasteiger partial charge < -0.3 is 5.32 Å². The molecule has 1 saturated carbocycles. The second kappa shape index (κ2) is 5.49. The molecule has 17 heavy (non-hydrogen) atoms. The summed E-state index contributed by atoms with van der Waals surface area (Å²) in [5.74, 6) is 1.46. The minimum Gasteiger partial charge on any atom is -0.381 e. The van der Waals surface area contributed by atoms with Crippen LogP contribution in [-0.2, 0) is 0 Å². The molecule has 1 aromatic carbocycles. The molecule has 0 amide bonds. The molecule has 1 aliphatic rings.